The molecule has 1 aromatic carbocycles. The number of piperidine rings is 1. The highest BCUT2D eigenvalue weighted by Gasteiger charge is 2.49. The van der Waals surface area contributed by atoms with Crippen molar-refractivity contribution in [3.05, 3.63) is 30.6 Å². The first kappa shape index (κ1) is 22.0. The summed E-state index contributed by atoms with van der Waals surface area (Å²) in [6.45, 7) is 5.51. The number of hydrogen-bond acceptors (Lipinski definition) is 10. The van der Waals surface area contributed by atoms with Gasteiger partial charge < -0.3 is 24.8 Å². The topological polar surface area (TPSA) is 118 Å². The highest BCUT2D eigenvalue weighted by atomic mass is 16.6. The second kappa shape index (κ2) is 8.01. The second-order valence-electron chi connectivity index (χ2n) is 10.4. The van der Waals surface area contributed by atoms with Gasteiger partial charge in [0.25, 0.3) is 11.8 Å². The van der Waals surface area contributed by atoms with Gasteiger partial charge in [-0.2, -0.15) is 0 Å². The predicted molar refractivity (Wildman–Crippen MR) is 130 cm³/mol. The van der Waals surface area contributed by atoms with Crippen LogP contribution in [0.5, 0.6) is 17.5 Å². The Kier molecular flexibility index (Phi) is 5.03. The predicted octanol–water partition coefficient (Wildman–Crippen LogP) is 2.97. The van der Waals surface area contributed by atoms with Gasteiger partial charge in [0.2, 0.25) is 0 Å². The molecule has 0 spiro atoms. The zero-order chi connectivity index (χ0) is 24.2. The Morgan fingerprint density at radius 1 is 1.00 bits per heavy atom. The van der Waals surface area contributed by atoms with Gasteiger partial charge in [-0.3, -0.25) is 0 Å². The number of ether oxygens (including phenoxy) is 2. The molecule has 0 saturated carbocycles. The average molecular weight is 476 g/mol. The van der Waals surface area contributed by atoms with Crippen LogP contribution in [0.25, 0.3) is 22.6 Å². The minimum Gasteiger partial charge on any atom is -0.507 e. The van der Waals surface area contributed by atoms with Crippen LogP contribution in [0, 0.1) is 0 Å². The third-order valence-electron chi connectivity index (χ3n) is 7.47. The number of aromatic hydroxyl groups is 1. The molecule has 3 atom stereocenters. The Morgan fingerprint density at radius 3 is 2.43 bits per heavy atom. The van der Waals surface area contributed by atoms with E-state index in [1.165, 1.54) is 12.8 Å². The lowest BCUT2D eigenvalue weighted by molar-refractivity contribution is 0.157. The molecule has 0 amide bonds. The van der Waals surface area contributed by atoms with Crippen LogP contribution in [0.4, 0.5) is 5.82 Å². The number of hydrogen-bond donors (Lipinski definition) is 2. The van der Waals surface area contributed by atoms with Crippen molar-refractivity contribution in [2.75, 3.05) is 25.2 Å². The van der Waals surface area contributed by atoms with Crippen molar-refractivity contribution in [3.63, 3.8) is 0 Å². The first-order chi connectivity index (χ1) is 16.8. The summed E-state index contributed by atoms with van der Waals surface area (Å²) in [5, 5.41) is 23.3. The van der Waals surface area contributed by atoms with E-state index in [1.54, 1.807) is 24.5 Å². The molecule has 0 aliphatic carbocycles. The third kappa shape index (κ3) is 4.01. The van der Waals surface area contributed by atoms with E-state index in [0.29, 0.717) is 53.7 Å². The largest absolute Gasteiger partial charge is 0.507 e. The third-order valence-corrected chi connectivity index (χ3v) is 7.47. The zero-order valence-electron chi connectivity index (χ0n) is 20.2. The smallest absolute Gasteiger partial charge is 0.278 e. The van der Waals surface area contributed by atoms with Gasteiger partial charge in [-0.15, -0.1) is 10.2 Å². The Balaban J connectivity index is 1.21. The number of aromatic nitrogens is 5. The molecule has 3 aliphatic rings. The zero-order valence-corrected chi connectivity index (χ0v) is 20.2. The van der Waals surface area contributed by atoms with E-state index < -0.39 is 0 Å². The summed E-state index contributed by atoms with van der Waals surface area (Å²) in [5.41, 5.74) is 2.11. The number of nitrogens with one attached hydrogen (secondary N) is 1. The summed E-state index contributed by atoms with van der Waals surface area (Å²) in [6.07, 6.45) is 7.85. The molecular formula is C25H29N7O3. The minimum atomic E-state index is 0.0397. The molecule has 2 N–H and O–H groups in total. The summed E-state index contributed by atoms with van der Waals surface area (Å²) in [6, 6.07) is 5.58. The van der Waals surface area contributed by atoms with Gasteiger partial charge in [-0.1, -0.05) is 6.07 Å². The van der Waals surface area contributed by atoms with Gasteiger partial charge >= 0.3 is 0 Å². The van der Waals surface area contributed by atoms with Crippen LogP contribution in [-0.2, 0) is 0 Å². The standard InChI is InChI=1S/C25H29N7O3/c1-24-6-7-25(2,31-24)12-16(11-24)32(3)20-14-26-21(30-29-20)17-5-4-15(10-19(17)33)18-13-27-22-23(28-18)35-9-8-34-22/h4-5,10,13-14,16,31,33H,6-9,11-12H2,1-3H3/t16-,24-,25+. The molecule has 10 heteroatoms. The van der Waals surface area contributed by atoms with Crippen molar-refractivity contribution < 1.29 is 14.6 Å². The Hall–Kier alpha value is -3.53. The molecule has 35 heavy (non-hydrogen) atoms. The Labute approximate surface area is 203 Å². The van der Waals surface area contributed by atoms with Crippen LogP contribution in [0.2, 0.25) is 0 Å². The number of benzene rings is 1. The number of phenolic OH excluding ortho intramolecular Hbond substituents is 1. The highest BCUT2D eigenvalue weighted by molar-refractivity contribution is 5.71. The van der Waals surface area contributed by atoms with Crippen LogP contribution in [0.15, 0.2) is 30.6 Å². The fourth-order valence-electron chi connectivity index (χ4n) is 5.69. The number of anilines is 1. The van der Waals surface area contributed by atoms with E-state index in [4.69, 9.17) is 9.47 Å². The van der Waals surface area contributed by atoms with Crippen LogP contribution < -0.4 is 19.7 Å². The number of fused-ring (bicyclic) bond motifs is 3. The van der Waals surface area contributed by atoms with E-state index in [1.807, 2.05) is 6.07 Å². The molecule has 3 aliphatic heterocycles. The van der Waals surface area contributed by atoms with Crippen LogP contribution in [0.1, 0.15) is 39.5 Å². The van der Waals surface area contributed by atoms with Gasteiger partial charge in [-0.05, 0) is 51.7 Å². The van der Waals surface area contributed by atoms with Gasteiger partial charge in [0, 0.05) is 29.7 Å². The normalized spacial score (nSPS) is 27.0. The van der Waals surface area contributed by atoms with E-state index in [9.17, 15) is 5.11 Å². The maximum Gasteiger partial charge on any atom is 0.278 e. The molecule has 2 aromatic heterocycles. The van der Waals surface area contributed by atoms with Crippen LogP contribution in [0.3, 0.4) is 0 Å². The lowest BCUT2D eigenvalue weighted by Crippen LogP contribution is -2.58. The van der Waals surface area contributed by atoms with Crippen molar-refractivity contribution in [1.29, 1.82) is 0 Å². The lowest BCUT2D eigenvalue weighted by atomic mass is 9.84. The van der Waals surface area contributed by atoms with Gasteiger partial charge in [0.05, 0.1) is 23.7 Å². The molecule has 6 rings (SSSR count). The van der Waals surface area contributed by atoms with Crippen molar-refractivity contribution in [1.82, 2.24) is 30.5 Å². The average Bonchev–Trinajstić information content (AvgIpc) is 3.09. The summed E-state index contributed by atoms with van der Waals surface area (Å²) >= 11 is 0. The monoisotopic (exact) mass is 475 g/mol. The fraction of sp³-hybridized carbons (Fsp3) is 0.480. The van der Waals surface area contributed by atoms with Gasteiger partial charge in [0.15, 0.2) is 11.6 Å². The van der Waals surface area contributed by atoms with E-state index in [0.717, 1.165) is 18.7 Å². The minimum absolute atomic E-state index is 0.0397. The lowest BCUT2D eigenvalue weighted by Gasteiger charge is -2.45. The van der Waals surface area contributed by atoms with Gasteiger partial charge in [-0.25, -0.2) is 15.0 Å². The molecule has 2 fully saturated rings. The number of nitrogens with zero attached hydrogens (tertiary/aromatic N) is 6. The number of phenols is 1. The highest BCUT2D eigenvalue weighted by Crippen LogP contribution is 2.43. The molecular weight excluding hydrogens is 446 g/mol. The molecule has 2 bridgehead atoms. The SMILES string of the molecule is CN(c1cnc(-c2ccc(-c3cnc4c(n3)OCCO4)cc2O)nn1)[C@H]1C[C@]2(C)CC[C@](C)(C1)N2. The first-order valence-corrected chi connectivity index (χ1v) is 12.0. The van der Waals surface area contributed by atoms with Crippen LogP contribution >= 0.6 is 0 Å². The Bertz CT molecular complexity index is 1250. The second-order valence-corrected chi connectivity index (χ2v) is 10.4. The first-order valence-electron chi connectivity index (χ1n) is 12.0. The van der Waals surface area contributed by atoms with E-state index in [2.05, 4.69) is 56.3 Å². The molecule has 0 radical (unpaired) electrons. The quantitative estimate of drug-likeness (QED) is 0.583. The van der Waals surface area contributed by atoms with Gasteiger partial charge in [0.1, 0.15) is 19.0 Å². The molecule has 2 saturated heterocycles. The molecule has 3 aromatic rings. The molecule has 0 unspecified atom stereocenters. The molecule has 182 valence electrons. The fourth-order valence-corrected chi connectivity index (χ4v) is 5.69. The summed E-state index contributed by atoms with van der Waals surface area (Å²) in [7, 11) is 2.06. The maximum absolute atomic E-state index is 10.7. The summed E-state index contributed by atoms with van der Waals surface area (Å²) in [4.78, 5) is 15.4. The van der Waals surface area contributed by atoms with Crippen molar-refractivity contribution in [2.45, 2.75) is 56.7 Å². The van der Waals surface area contributed by atoms with Crippen LogP contribution in [-0.4, -0.2) is 67.6 Å². The summed E-state index contributed by atoms with van der Waals surface area (Å²) < 4.78 is 10.9. The Morgan fingerprint density at radius 2 is 1.74 bits per heavy atom. The molecule has 10 nitrogen and oxygen atoms in total. The summed E-state index contributed by atoms with van der Waals surface area (Å²) in [5.74, 6) is 1.87. The number of rotatable bonds is 4. The van der Waals surface area contributed by atoms with E-state index in [-0.39, 0.29) is 16.8 Å². The van der Waals surface area contributed by atoms with Crippen molar-refractivity contribution in [3.8, 4) is 40.2 Å². The maximum atomic E-state index is 10.7. The van der Waals surface area contributed by atoms with Crippen molar-refractivity contribution >= 4 is 5.82 Å². The van der Waals surface area contributed by atoms with Crippen molar-refractivity contribution in [2.24, 2.45) is 0 Å². The van der Waals surface area contributed by atoms with E-state index >= 15 is 0 Å². The molecule has 5 heterocycles.